The van der Waals surface area contributed by atoms with Crippen LogP contribution < -0.4 is 0 Å². The number of benzene rings is 1. The Kier molecular flexibility index (Phi) is 2.25. The van der Waals surface area contributed by atoms with E-state index in [2.05, 4.69) is 0 Å². The first kappa shape index (κ1) is 9.21. The van der Waals surface area contributed by atoms with Gasteiger partial charge in [0.25, 0.3) is 0 Å². The van der Waals surface area contributed by atoms with Gasteiger partial charge in [-0.05, 0) is 24.0 Å². The smallest absolute Gasteiger partial charge is 0.309 e. The first-order valence-corrected chi connectivity index (χ1v) is 4.69. The van der Waals surface area contributed by atoms with E-state index < -0.39 is 18.0 Å². The van der Waals surface area contributed by atoms with Gasteiger partial charge in [0.05, 0.1) is 12.0 Å². The molecule has 0 heterocycles. The molecule has 1 aromatic rings. The number of hydrogen-bond donors (Lipinski definition) is 2. The Morgan fingerprint density at radius 3 is 2.79 bits per heavy atom. The summed E-state index contributed by atoms with van der Waals surface area (Å²) in [7, 11) is 0. The van der Waals surface area contributed by atoms with Gasteiger partial charge in [-0.3, -0.25) is 4.79 Å². The van der Waals surface area contributed by atoms with Crippen LogP contribution in [-0.2, 0) is 11.2 Å². The quantitative estimate of drug-likeness (QED) is 0.706. The summed E-state index contributed by atoms with van der Waals surface area (Å²) in [5.41, 5.74) is 1.84. The fourth-order valence-electron chi connectivity index (χ4n) is 1.99. The van der Waals surface area contributed by atoms with Crippen LogP contribution >= 0.6 is 0 Å². The molecule has 3 heteroatoms. The SMILES string of the molecule is O=C(O)[C@@H]1CCc2ccccc2[C@@H]1O. The van der Waals surface area contributed by atoms with Crippen LogP contribution in [-0.4, -0.2) is 16.2 Å². The summed E-state index contributed by atoms with van der Waals surface area (Å²) >= 11 is 0. The van der Waals surface area contributed by atoms with Crippen molar-refractivity contribution in [2.45, 2.75) is 18.9 Å². The molecule has 0 radical (unpaired) electrons. The van der Waals surface area contributed by atoms with E-state index in [4.69, 9.17) is 5.11 Å². The zero-order chi connectivity index (χ0) is 10.1. The molecule has 14 heavy (non-hydrogen) atoms. The molecular formula is C11H12O3. The zero-order valence-electron chi connectivity index (χ0n) is 7.68. The Morgan fingerprint density at radius 2 is 2.07 bits per heavy atom. The molecule has 0 aromatic heterocycles. The number of aliphatic carboxylic acids is 1. The van der Waals surface area contributed by atoms with Gasteiger partial charge >= 0.3 is 5.97 Å². The lowest BCUT2D eigenvalue weighted by Gasteiger charge is -2.26. The number of fused-ring (bicyclic) bond motifs is 1. The van der Waals surface area contributed by atoms with Gasteiger partial charge < -0.3 is 10.2 Å². The Morgan fingerprint density at radius 1 is 1.36 bits per heavy atom. The maximum atomic E-state index is 10.8. The third-order valence-corrected chi connectivity index (χ3v) is 2.80. The molecule has 1 aliphatic carbocycles. The van der Waals surface area contributed by atoms with Crippen molar-refractivity contribution in [3.8, 4) is 0 Å². The maximum Gasteiger partial charge on any atom is 0.309 e. The number of aryl methyl sites for hydroxylation is 1. The van der Waals surface area contributed by atoms with Crippen LogP contribution in [0.2, 0.25) is 0 Å². The standard InChI is InChI=1S/C11H12O3/c12-10-8-4-2-1-3-7(8)5-6-9(10)11(13)14/h1-4,9-10,12H,5-6H2,(H,13,14)/t9-,10+/m1/s1. The van der Waals surface area contributed by atoms with Gasteiger partial charge in [-0.25, -0.2) is 0 Å². The topological polar surface area (TPSA) is 57.5 Å². The molecule has 0 amide bonds. The van der Waals surface area contributed by atoms with Gasteiger partial charge in [0, 0.05) is 0 Å². The van der Waals surface area contributed by atoms with Crippen LogP contribution in [0.5, 0.6) is 0 Å². The van der Waals surface area contributed by atoms with E-state index in [9.17, 15) is 9.90 Å². The lowest BCUT2D eigenvalue weighted by molar-refractivity contribution is -0.146. The van der Waals surface area contributed by atoms with Gasteiger partial charge in [-0.15, -0.1) is 0 Å². The summed E-state index contributed by atoms with van der Waals surface area (Å²) in [6, 6.07) is 7.48. The van der Waals surface area contributed by atoms with Gasteiger partial charge in [0.2, 0.25) is 0 Å². The molecule has 0 saturated heterocycles. The number of carbonyl (C=O) groups is 1. The highest BCUT2D eigenvalue weighted by atomic mass is 16.4. The molecule has 0 fully saturated rings. The van der Waals surface area contributed by atoms with Gasteiger partial charge in [-0.2, -0.15) is 0 Å². The number of aliphatic hydroxyl groups excluding tert-OH is 1. The maximum absolute atomic E-state index is 10.8. The van der Waals surface area contributed by atoms with Gasteiger partial charge in [0.1, 0.15) is 0 Å². The summed E-state index contributed by atoms with van der Waals surface area (Å²) in [6.45, 7) is 0. The normalized spacial score (nSPS) is 25.5. The summed E-state index contributed by atoms with van der Waals surface area (Å²) in [5, 5.41) is 18.7. The molecule has 0 saturated carbocycles. The van der Waals surface area contributed by atoms with E-state index in [1.54, 1.807) is 6.07 Å². The second kappa shape index (κ2) is 3.42. The monoisotopic (exact) mass is 192 g/mol. The summed E-state index contributed by atoms with van der Waals surface area (Å²) < 4.78 is 0. The highest BCUT2D eigenvalue weighted by Crippen LogP contribution is 2.34. The molecule has 3 nitrogen and oxygen atoms in total. The van der Waals surface area contributed by atoms with E-state index in [1.165, 1.54) is 0 Å². The van der Waals surface area contributed by atoms with Crippen LogP contribution in [0.1, 0.15) is 23.7 Å². The molecule has 2 rings (SSSR count). The summed E-state index contributed by atoms with van der Waals surface area (Å²) in [6.07, 6.45) is 0.412. The number of aliphatic hydroxyl groups is 1. The third-order valence-electron chi connectivity index (χ3n) is 2.80. The molecule has 74 valence electrons. The largest absolute Gasteiger partial charge is 0.481 e. The fourth-order valence-corrected chi connectivity index (χ4v) is 1.99. The molecule has 0 aliphatic heterocycles. The van der Waals surface area contributed by atoms with Crippen LogP contribution in [0.25, 0.3) is 0 Å². The fraction of sp³-hybridized carbons (Fsp3) is 0.364. The van der Waals surface area contributed by atoms with Gasteiger partial charge in [0.15, 0.2) is 0 Å². The number of hydrogen-bond acceptors (Lipinski definition) is 2. The number of carboxylic acid groups (broad SMARTS) is 1. The minimum atomic E-state index is -0.910. The lowest BCUT2D eigenvalue weighted by Crippen LogP contribution is -2.27. The molecular weight excluding hydrogens is 180 g/mol. The molecule has 0 unspecified atom stereocenters. The van der Waals surface area contributed by atoms with Crippen LogP contribution in [0.4, 0.5) is 0 Å². The molecule has 1 aromatic carbocycles. The highest BCUT2D eigenvalue weighted by molar-refractivity contribution is 5.71. The van der Waals surface area contributed by atoms with Crippen molar-refractivity contribution in [2.24, 2.45) is 5.92 Å². The average molecular weight is 192 g/mol. The Bertz CT molecular complexity index is 359. The van der Waals surface area contributed by atoms with Crippen molar-refractivity contribution in [2.75, 3.05) is 0 Å². The third kappa shape index (κ3) is 1.40. The van der Waals surface area contributed by atoms with E-state index in [1.807, 2.05) is 18.2 Å². The Hall–Kier alpha value is -1.35. The molecule has 2 N–H and O–H groups in total. The van der Waals surface area contributed by atoms with Crippen LogP contribution in [0.15, 0.2) is 24.3 Å². The van der Waals surface area contributed by atoms with Crippen molar-refractivity contribution >= 4 is 5.97 Å². The first-order chi connectivity index (χ1) is 6.70. The molecule has 1 aliphatic rings. The number of rotatable bonds is 1. The second-order valence-corrected chi connectivity index (χ2v) is 3.63. The molecule has 0 spiro atoms. The van der Waals surface area contributed by atoms with E-state index >= 15 is 0 Å². The zero-order valence-corrected chi connectivity index (χ0v) is 7.68. The second-order valence-electron chi connectivity index (χ2n) is 3.63. The summed E-state index contributed by atoms with van der Waals surface area (Å²) in [4.78, 5) is 10.8. The van der Waals surface area contributed by atoms with Crippen molar-refractivity contribution in [3.05, 3.63) is 35.4 Å². The molecule has 0 bridgehead atoms. The highest BCUT2D eigenvalue weighted by Gasteiger charge is 2.32. The Balaban J connectivity index is 2.36. The van der Waals surface area contributed by atoms with Gasteiger partial charge in [-0.1, -0.05) is 24.3 Å². The minimum Gasteiger partial charge on any atom is -0.481 e. The van der Waals surface area contributed by atoms with Crippen molar-refractivity contribution < 1.29 is 15.0 Å². The average Bonchev–Trinajstić information content (AvgIpc) is 2.18. The first-order valence-electron chi connectivity index (χ1n) is 4.69. The predicted molar refractivity (Wildman–Crippen MR) is 50.8 cm³/mol. The number of carboxylic acids is 1. The van der Waals surface area contributed by atoms with Crippen LogP contribution in [0, 0.1) is 5.92 Å². The van der Waals surface area contributed by atoms with Crippen LogP contribution in [0.3, 0.4) is 0 Å². The summed E-state index contributed by atoms with van der Waals surface area (Å²) in [5.74, 6) is -1.56. The van der Waals surface area contributed by atoms with E-state index in [0.717, 1.165) is 17.5 Å². The Labute approximate surface area is 82.0 Å². The van der Waals surface area contributed by atoms with E-state index in [0.29, 0.717) is 6.42 Å². The lowest BCUT2D eigenvalue weighted by atomic mass is 9.81. The molecule has 2 atom stereocenters. The minimum absolute atomic E-state index is 0.521. The predicted octanol–water partition coefficient (Wildman–Crippen LogP) is 1.37. The van der Waals surface area contributed by atoms with Crippen molar-refractivity contribution in [3.63, 3.8) is 0 Å². The van der Waals surface area contributed by atoms with E-state index in [-0.39, 0.29) is 0 Å². The van der Waals surface area contributed by atoms with Crippen molar-refractivity contribution in [1.29, 1.82) is 0 Å². The van der Waals surface area contributed by atoms with Crippen molar-refractivity contribution in [1.82, 2.24) is 0 Å².